The van der Waals surface area contributed by atoms with Gasteiger partial charge in [0.05, 0.1) is 33.9 Å². The average Bonchev–Trinajstić information content (AvgIpc) is 2.82. The number of hydrogen-bond donors (Lipinski definition) is 1. The Kier molecular flexibility index (Phi) is 4.84. The van der Waals surface area contributed by atoms with Crippen LogP contribution in [0.3, 0.4) is 0 Å². The topological polar surface area (TPSA) is 69.0 Å². The highest BCUT2D eigenvalue weighted by atomic mass is 35.5. The van der Waals surface area contributed by atoms with Crippen LogP contribution in [0.1, 0.15) is 38.1 Å². The van der Waals surface area contributed by atoms with Crippen LogP contribution in [-0.2, 0) is 9.53 Å². The fourth-order valence-electron chi connectivity index (χ4n) is 3.13. The summed E-state index contributed by atoms with van der Waals surface area (Å²) in [6.07, 6.45) is 3.10. The van der Waals surface area contributed by atoms with Gasteiger partial charge < -0.3 is 10.1 Å². The van der Waals surface area contributed by atoms with Gasteiger partial charge in [-0.3, -0.25) is 4.79 Å². The molecule has 0 spiro atoms. The second-order valence-corrected chi connectivity index (χ2v) is 7.47. The van der Waals surface area contributed by atoms with Gasteiger partial charge in [-0.1, -0.05) is 11.6 Å². The van der Waals surface area contributed by atoms with E-state index in [1.807, 2.05) is 39.8 Å². The number of nitrogens with zero attached hydrogens (tertiary/aromatic N) is 3. The van der Waals surface area contributed by atoms with Gasteiger partial charge in [-0.05, 0) is 52.7 Å². The molecule has 134 valence electrons. The Morgan fingerprint density at radius 2 is 2.16 bits per heavy atom. The third-order valence-corrected chi connectivity index (χ3v) is 5.05. The zero-order valence-electron chi connectivity index (χ0n) is 15.0. The predicted molar refractivity (Wildman–Crippen MR) is 97.2 cm³/mol. The molecule has 1 atom stereocenters. The van der Waals surface area contributed by atoms with E-state index in [9.17, 15) is 4.79 Å². The first-order valence-electron chi connectivity index (χ1n) is 8.40. The second-order valence-electron chi connectivity index (χ2n) is 7.09. The molecule has 3 heterocycles. The van der Waals surface area contributed by atoms with Crippen molar-refractivity contribution in [3.05, 3.63) is 34.7 Å². The number of aryl methyl sites for hydroxylation is 1. The van der Waals surface area contributed by atoms with Crippen LogP contribution in [0.5, 0.6) is 0 Å². The number of hydrogen-bond acceptors (Lipinski definition) is 4. The molecule has 0 aromatic carbocycles. The molecule has 0 saturated carbocycles. The van der Waals surface area contributed by atoms with Crippen LogP contribution in [-0.4, -0.2) is 32.9 Å². The monoisotopic (exact) mass is 362 g/mol. The molecule has 2 aromatic rings. The molecule has 0 bridgehead atoms. The van der Waals surface area contributed by atoms with E-state index in [0.29, 0.717) is 29.6 Å². The highest BCUT2D eigenvalue weighted by molar-refractivity contribution is 6.31. The van der Waals surface area contributed by atoms with Crippen molar-refractivity contribution in [3.8, 4) is 5.82 Å². The summed E-state index contributed by atoms with van der Waals surface area (Å²) in [5, 5.41) is 7.97. The van der Waals surface area contributed by atoms with E-state index < -0.39 is 0 Å². The third-order valence-electron chi connectivity index (χ3n) is 4.50. The van der Waals surface area contributed by atoms with E-state index >= 15 is 0 Å². The third kappa shape index (κ3) is 3.85. The number of nitrogens with one attached hydrogen (secondary N) is 1. The smallest absolute Gasteiger partial charge is 0.227 e. The molecule has 1 aliphatic rings. The molecule has 0 aliphatic carbocycles. The number of rotatable bonds is 3. The molecule has 6 nitrogen and oxygen atoms in total. The van der Waals surface area contributed by atoms with Crippen LogP contribution in [0.15, 0.2) is 18.3 Å². The van der Waals surface area contributed by atoms with Gasteiger partial charge >= 0.3 is 0 Å². The van der Waals surface area contributed by atoms with Crippen LogP contribution in [0.2, 0.25) is 5.02 Å². The van der Waals surface area contributed by atoms with E-state index in [4.69, 9.17) is 16.3 Å². The van der Waals surface area contributed by atoms with E-state index in [1.54, 1.807) is 10.9 Å². The van der Waals surface area contributed by atoms with Gasteiger partial charge in [0.25, 0.3) is 0 Å². The van der Waals surface area contributed by atoms with Crippen molar-refractivity contribution in [3.63, 3.8) is 0 Å². The highest BCUT2D eigenvalue weighted by Gasteiger charge is 2.32. The number of carbonyl (C=O) groups is 1. The van der Waals surface area contributed by atoms with Gasteiger partial charge in [0.1, 0.15) is 0 Å². The first kappa shape index (κ1) is 17.9. The lowest BCUT2D eigenvalue weighted by atomic mass is 9.88. The minimum Gasteiger partial charge on any atom is -0.376 e. The zero-order valence-corrected chi connectivity index (χ0v) is 15.7. The van der Waals surface area contributed by atoms with Crippen molar-refractivity contribution in [2.24, 2.45) is 5.92 Å². The van der Waals surface area contributed by atoms with Crippen LogP contribution in [0.4, 0.5) is 5.69 Å². The number of amides is 1. The van der Waals surface area contributed by atoms with Crippen LogP contribution >= 0.6 is 11.6 Å². The van der Waals surface area contributed by atoms with Crippen LogP contribution < -0.4 is 5.32 Å². The minimum atomic E-state index is -0.253. The van der Waals surface area contributed by atoms with Crippen molar-refractivity contribution >= 4 is 23.2 Å². The van der Waals surface area contributed by atoms with E-state index in [2.05, 4.69) is 15.4 Å². The lowest BCUT2D eigenvalue weighted by Gasteiger charge is -2.34. The molecule has 1 saturated heterocycles. The van der Waals surface area contributed by atoms with Crippen molar-refractivity contribution < 1.29 is 9.53 Å². The molecule has 1 aliphatic heterocycles. The SMILES string of the molecule is Cc1nn(-c2ccc(NC(=O)[C@@H]3CCOC(C)(C)C3)cn2)c(C)c1Cl. The molecule has 0 radical (unpaired) electrons. The summed E-state index contributed by atoms with van der Waals surface area (Å²) in [5.41, 5.74) is 2.02. The average molecular weight is 363 g/mol. The fraction of sp³-hybridized carbons (Fsp3) is 0.500. The van der Waals surface area contributed by atoms with Gasteiger partial charge in [0.15, 0.2) is 5.82 Å². The summed E-state index contributed by atoms with van der Waals surface area (Å²) >= 11 is 6.18. The van der Waals surface area contributed by atoms with E-state index in [0.717, 1.165) is 17.8 Å². The van der Waals surface area contributed by atoms with Gasteiger partial charge in [-0.2, -0.15) is 5.10 Å². The van der Waals surface area contributed by atoms with Crippen LogP contribution in [0.25, 0.3) is 5.82 Å². The first-order chi connectivity index (χ1) is 11.8. The van der Waals surface area contributed by atoms with Crippen molar-refractivity contribution in [2.45, 2.75) is 46.1 Å². The van der Waals surface area contributed by atoms with Crippen molar-refractivity contribution in [2.75, 3.05) is 11.9 Å². The summed E-state index contributed by atoms with van der Waals surface area (Å²) in [6.45, 7) is 8.40. The minimum absolute atomic E-state index is 0.0140. The molecule has 2 aromatic heterocycles. The molecule has 1 N–H and O–H groups in total. The Labute approximate surface area is 152 Å². The Bertz CT molecular complexity index is 783. The van der Waals surface area contributed by atoms with Crippen molar-refractivity contribution in [1.82, 2.24) is 14.8 Å². The lowest BCUT2D eigenvalue weighted by Crippen LogP contribution is -2.39. The Morgan fingerprint density at radius 3 is 2.72 bits per heavy atom. The maximum absolute atomic E-state index is 12.5. The largest absolute Gasteiger partial charge is 0.376 e. The molecular formula is C18H23ClN4O2. The summed E-state index contributed by atoms with van der Waals surface area (Å²) in [5.74, 6) is 0.635. The highest BCUT2D eigenvalue weighted by Crippen LogP contribution is 2.29. The fourth-order valence-corrected chi connectivity index (χ4v) is 3.25. The number of pyridine rings is 1. The summed E-state index contributed by atoms with van der Waals surface area (Å²) in [4.78, 5) is 16.9. The standard InChI is InChI=1S/C18H23ClN4O2/c1-11-16(19)12(2)23(22-11)15-6-5-14(10-20-15)21-17(24)13-7-8-25-18(3,4)9-13/h5-6,10,13H,7-9H2,1-4H3,(H,21,24)/t13-/m1/s1. The van der Waals surface area contributed by atoms with E-state index in [-0.39, 0.29) is 17.4 Å². The maximum Gasteiger partial charge on any atom is 0.227 e. The number of anilines is 1. The second kappa shape index (κ2) is 6.77. The Morgan fingerprint density at radius 1 is 1.40 bits per heavy atom. The normalized spacial score (nSPS) is 19.6. The number of ether oxygens (including phenoxy) is 1. The summed E-state index contributed by atoms with van der Waals surface area (Å²) in [6, 6.07) is 3.65. The lowest BCUT2D eigenvalue weighted by molar-refractivity contribution is -0.130. The van der Waals surface area contributed by atoms with Gasteiger partial charge in [0.2, 0.25) is 5.91 Å². The molecular weight excluding hydrogens is 340 g/mol. The predicted octanol–water partition coefficient (Wildman–Crippen LogP) is 3.68. The Hall–Kier alpha value is -1.92. The molecule has 1 fully saturated rings. The molecule has 7 heteroatoms. The molecule has 0 unspecified atom stereocenters. The summed E-state index contributed by atoms with van der Waals surface area (Å²) < 4.78 is 7.37. The van der Waals surface area contributed by atoms with Gasteiger partial charge in [-0.25, -0.2) is 9.67 Å². The summed E-state index contributed by atoms with van der Waals surface area (Å²) in [7, 11) is 0. The number of carbonyl (C=O) groups excluding carboxylic acids is 1. The molecule has 25 heavy (non-hydrogen) atoms. The maximum atomic E-state index is 12.5. The Balaban J connectivity index is 1.70. The van der Waals surface area contributed by atoms with E-state index in [1.165, 1.54) is 0 Å². The number of aromatic nitrogens is 3. The van der Waals surface area contributed by atoms with Crippen molar-refractivity contribution in [1.29, 1.82) is 0 Å². The first-order valence-corrected chi connectivity index (χ1v) is 8.77. The molecule has 3 rings (SSSR count). The number of halogens is 1. The molecule has 1 amide bonds. The van der Waals surface area contributed by atoms with Gasteiger partial charge in [-0.15, -0.1) is 0 Å². The quantitative estimate of drug-likeness (QED) is 0.904. The van der Waals surface area contributed by atoms with Crippen LogP contribution in [0, 0.1) is 19.8 Å². The van der Waals surface area contributed by atoms with Gasteiger partial charge in [0, 0.05) is 12.5 Å². The zero-order chi connectivity index (χ0) is 18.2.